The molecule has 1 aliphatic rings. The highest BCUT2D eigenvalue weighted by molar-refractivity contribution is 7.80. The Hall–Kier alpha value is -0.970. The number of amides is 2. The highest BCUT2D eigenvalue weighted by atomic mass is 32.1. The first kappa shape index (κ1) is 10.1. The number of hydrogen-bond acceptors (Lipinski definition) is 3. The van der Waals surface area contributed by atoms with E-state index in [0.717, 1.165) is 6.42 Å². The third kappa shape index (κ3) is 2.03. The van der Waals surface area contributed by atoms with Crippen LogP contribution in [-0.2, 0) is 9.59 Å². The summed E-state index contributed by atoms with van der Waals surface area (Å²) < 4.78 is 0. The van der Waals surface area contributed by atoms with Crippen LogP contribution in [0.2, 0.25) is 0 Å². The van der Waals surface area contributed by atoms with Crippen molar-refractivity contribution < 1.29 is 9.59 Å². The molecule has 0 saturated carbocycles. The Bertz CT molecular complexity index is 245. The van der Waals surface area contributed by atoms with Crippen molar-refractivity contribution in [3.8, 4) is 0 Å². The highest BCUT2D eigenvalue weighted by Gasteiger charge is 2.35. The number of carbonyl (C=O) groups excluding carboxylic acids is 2. The molecule has 0 aliphatic carbocycles. The van der Waals surface area contributed by atoms with Crippen LogP contribution >= 0.6 is 12.2 Å². The van der Waals surface area contributed by atoms with E-state index in [9.17, 15) is 9.59 Å². The molecule has 1 atom stereocenters. The second-order valence-electron chi connectivity index (χ2n) is 3.17. The Balaban J connectivity index is 2.78. The van der Waals surface area contributed by atoms with Gasteiger partial charge < -0.3 is 10.6 Å². The molecule has 0 aromatic rings. The standard InChI is InChI=1S/C8H12N2O2S/c1-3-4(2)5-6(11)9-8(13)10-7(5)12/h4-5H,3H2,1-2H3,(H2,9,10,11,12,13). The Kier molecular flexibility index (Phi) is 2.98. The molecule has 0 bridgehead atoms. The second-order valence-corrected chi connectivity index (χ2v) is 3.58. The number of nitrogens with one attached hydrogen (secondary N) is 2. The van der Waals surface area contributed by atoms with Crippen molar-refractivity contribution in [3.63, 3.8) is 0 Å². The Morgan fingerprint density at radius 2 is 1.85 bits per heavy atom. The molecule has 1 heterocycles. The van der Waals surface area contributed by atoms with Gasteiger partial charge in [-0.05, 0) is 18.1 Å². The molecule has 0 aromatic carbocycles. The van der Waals surface area contributed by atoms with Gasteiger partial charge in [0, 0.05) is 0 Å². The third-order valence-electron chi connectivity index (χ3n) is 2.25. The molecular weight excluding hydrogens is 188 g/mol. The van der Waals surface area contributed by atoms with Crippen LogP contribution in [0.1, 0.15) is 20.3 Å². The topological polar surface area (TPSA) is 58.2 Å². The van der Waals surface area contributed by atoms with Crippen LogP contribution in [0.4, 0.5) is 0 Å². The van der Waals surface area contributed by atoms with Crippen molar-refractivity contribution in [1.29, 1.82) is 0 Å². The molecule has 0 radical (unpaired) electrons. The fourth-order valence-corrected chi connectivity index (χ4v) is 1.48. The van der Waals surface area contributed by atoms with Crippen molar-refractivity contribution in [2.24, 2.45) is 11.8 Å². The quantitative estimate of drug-likeness (QED) is 0.494. The van der Waals surface area contributed by atoms with Gasteiger partial charge in [-0.15, -0.1) is 0 Å². The summed E-state index contributed by atoms with van der Waals surface area (Å²) in [6.45, 7) is 3.82. The van der Waals surface area contributed by atoms with Crippen molar-refractivity contribution in [2.45, 2.75) is 20.3 Å². The van der Waals surface area contributed by atoms with Gasteiger partial charge in [-0.25, -0.2) is 0 Å². The van der Waals surface area contributed by atoms with Gasteiger partial charge in [-0.1, -0.05) is 20.3 Å². The van der Waals surface area contributed by atoms with Crippen molar-refractivity contribution >= 4 is 29.1 Å². The molecule has 2 amide bonds. The van der Waals surface area contributed by atoms with Gasteiger partial charge in [0.1, 0.15) is 5.92 Å². The van der Waals surface area contributed by atoms with Gasteiger partial charge in [0.15, 0.2) is 5.11 Å². The molecule has 0 spiro atoms. The summed E-state index contributed by atoms with van der Waals surface area (Å²) in [7, 11) is 0. The predicted octanol–water partition coefficient (Wildman–Crippen LogP) is 0.180. The summed E-state index contributed by atoms with van der Waals surface area (Å²) in [4.78, 5) is 22.7. The van der Waals surface area contributed by atoms with E-state index in [1.54, 1.807) is 0 Å². The van der Waals surface area contributed by atoms with E-state index in [-0.39, 0.29) is 22.8 Å². The van der Waals surface area contributed by atoms with Gasteiger partial charge >= 0.3 is 0 Å². The van der Waals surface area contributed by atoms with E-state index < -0.39 is 5.92 Å². The Morgan fingerprint density at radius 3 is 2.23 bits per heavy atom. The molecule has 0 aromatic heterocycles. The smallest absolute Gasteiger partial charge is 0.238 e. The monoisotopic (exact) mass is 200 g/mol. The number of carbonyl (C=O) groups is 2. The SMILES string of the molecule is CCC(C)C1C(=O)NC(=S)NC1=O. The summed E-state index contributed by atoms with van der Waals surface area (Å²) in [5.41, 5.74) is 0. The van der Waals surface area contributed by atoms with Gasteiger partial charge in [-0.3, -0.25) is 9.59 Å². The van der Waals surface area contributed by atoms with Crippen LogP contribution in [0.15, 0.2) is 0 Å². The number of hydrogen-bond donors (Lipinski definition) is 2. The summed E-state index contributed by atoms with van der Waals surface area (Å²) in [6, 6.07) is 0. The van der Waals surface area contributed by atoms with E-state index in [0.29, 0.717) is 0 Å². The molecule has 2 N–H and O–H groups in total. The zero-order valence-corrected chi connectivity index (χ0v) is 8.40. The van der Waals surface area contributed by atoms with Crippen LogP contribution < -0.4 is 10.6 Å². The summed E-state index contributed by atoms with van der Waals surface area (Å²) in [6.07, 6.45) is 0.790. The van der Waals surface area contributed by atoms with Gasteiger partial charge in [-0.2, -0.15) is 0 Å². The van der Waals surface area contributed by atoms with Crippen molar-refractivity contribution in [2.75, 3.05) is 0 Å². The van der Waals surface area contributed by atoms with Crippen LogP contribution in [-0.4, -0.2) is 16.9 Å². The van der Waals surface area contributed by atoms with Crippen LogP contribution in [0.5, 0.6) is 0 Å². The number of thiocarbonyl (C=S) groups is 1. The maximum Gasteiger partial charge on any atom is 0.238 e. The molecule has 4 nitrogen and oxygen atoms in total. The van der Waals surface area contributed by atoms with Crippen LogP contribution in [0.25, 0.3) is 0 Å². The Labute approximate surface area is 82.1 Å². The maximum atomic E-state index is 11.4. The predicted molar refractivity (Wildman–Crippen MR) is 51.8 cm³/mol. The normalized spacial score (nSPS) is 20.9. The van der Waals surface area contributed by atoms with Gasteiger partial charge in [0.05, 0.1) is 0 Å². The maximum absolute atomic E-state index is 11.4. The fourth-order valence-electron chi connectivity index (χ4n) is 1.28. The van der Waals surface area contributed by atoms with Gasteiger partial charge in [0.25, 0.3) is 0 Å². The molecule has 1 saturated heterocycles. The van der Waals surface area contributed by atoms with Crippen LogP contribution in [0, 0.1) is 11.8 Å². The molecule has 1 fully saturated rings. The molecule has 13 heavy (non-hydrogen) atoms. The highest BCUT2D eigenvalue weighted by Crippen LogP contribution is 2.17. The Morgan fingerprint density at radius 1 is 1.38 bits per heavy atom. The lowest BCUT2D eigenvalue weighted by molar-refractivity contribution is -0.137. The third-order valence-corrected chi connectivity index (χ3v) is 2.46. The molecule has 1 rings (SSSR count). The molecule has 1 aliphatic heterocycles. The van der Waals surface area contributed by atoms with E-state index >= 15 is 0 Å². The van der Waals surface area contributed by atoms with E-state index in [1.165, 1.54) is 0 Å². The lowest BCUT2D eigenvalue weighted by Crippen LogP contribution is -2.57. The average molecular weight is 200 g/mol. The molecular formula is C8H12N2O2S. The average Bonchev–Trinajstić information content (AvgIpc) is 2.02. The van der Waals surface area contributed by atoms with Crippen molar-refractivity contribution in [1.82, 2.24) is 10.6 Å². The second kappa shape index (κ2) is 3.83. The molecule has 72 valence electrons. The lowest BCUT2D eigenvalue weighted by Gasteiger charge is -2.26. The first-order valence-electron chi connectivity index (χ1n) is 4.22. The molecule has 5 heteroatoms. The zero-order valence-electron chi connectivity index (χ0n) is 7.59. The van der Waals surface area contributed by atoms with E-state index in [4.69, 9.17) is 0 Å². The minimum Gasteiger partial charge on any atom is -0.302 e. The van der Waals surface area contributed by atoms with E-state index in [2.05, 4.69) is 22.9 Å². The zero-order chi connectivity index (χ0) is 10.0. The largest absolute Gasteiger partial charge is 0.302 e. The van der Waals surface area contributed by atoms with Crippen LogP contribution in [0.3, 0.4) is 0 Å². The lowest BCUT2D eigenvalue weighted by atomic mass is 9.89. The van der Waals surface area contributed by atoms with Crippen molar-refractivity contribution in [3.05, 3.63) is 0 Å². The summed E-state index contributed by atoms with van der Waals surface area (Å²) >= 11 is 4.67. The number of rotatable bonds is 2. The molecule has 1 unspecified atom stereocenters. The van der Waals surface area contributed by atoms with Gasteiger partial charge in [0.2, 0.25) is 11.8 Å². The fraction of sp³-hybridized carbons (Fsp3) is 0.625. The summed E-state index contributed by atoms with van der Waals surface area (Å²) in [5, 5.41) is 4.98. The minimum absolute atomic E-state index is 0.0445. The minimum atomic E-state index is -0.600. The first-order chi connectivity index (χ1) is 6.06. The summed E-state index contributed by atoms with van der Waals surface area (Å²) in [5.74, 6) is -1.13. The first-order valence-corrected chi connectivity index (χ1v) is 4.62. The van der Waals surface area contributed by atoms with E-state index in [1.807, 2.05) is 13.8 Å².